The number of amides is 1. The summed E-state index contributed by atoms with van der Waals surface area (Å²) in [5.74, 6) is -0.305. The van der Waals surface area contributed by atoms with Gasteiger partial charge in [-0.15, -0.1) is 0 Å². The lowest BCUT2D eigenvalue weighted by Crippen LogP contribution is -2.27. The number of carbonyl (C=O) groups excluding carboxylic acids is 1. The number of hydrogen-bond acceptors (Lipinski definition) is 3. The molecule has 6 heteroatoms. The molecule has 0 atom stereocenters. The van der Waals surface area contributed by atoms with Gasteiger partial charge in [0.2, 0.25) is 0 Å². The Morgan fingerprint density at radius 2 is 2.18 bits per heavy atom. The van der Waals surface area contributed by atoms with Crippen molar-refractivity contribution < 1.29 is 9.72 Å². The van der Waals surface area contributed by atoms with Gasteiger partial charge in [-0.25, -0.2) is 0 Å². The lowest BCUT2D eigenvalue weighted by Gasteiger charge is -2.16. The molecular formula is C11H13ClN2O3. The molecule has 0 saturated heterocycles. The molecule has 0 unspecified atom stereocenters. The quantitative estimate of drug-likeness (QED) is 0.615. The van der Waals surface area contributed by atoms with Crippen molar-refractivity contribution in [3.8, 4) is 0 Å². The van der Waals surface area contributed by atoms with E-state index in [1.165, 1.54) is 23.1 Å². The smallest absolute Gasteiger partial charge is 0.288 e. The summed E-state index contributed by atoms with van der Waals surface area (Å²) in [6.45, 7) is 2.52. The van der Waals surface area contributed by atoms with Crippen molar-refractivity contribution in [2.24, 2.45) is 0 Å². The molecular weight excluding hydrogens is 244 g/mol. The fraction of sp³-hybridized carbons (Fsp3) is 0.364. The molecule has 0 aromatic heterocycles. The van der Waals surface area contributed by atoms with Crippen molar-refractivity contribution >= 4 is 23.2 Å². The molecule has 0 radical (unpaired) electrons. The van der Waals surface area contributed by atoms with E-state index in [4.69, 9.17) is 11.6 Å². The fourth-order valence-corrected chi connectivity index (χ4v) is 1.74. The first kappa shape index (κ1) is 13.4. The van der Waals surface area contributed by atoms with E-state index in [1.807, 2.05) is 6.92 Å². The minimum absolute atomic E-state index is 0.106. The maximum absolute atomic E-state index is 11.9. The molecule has 0 saturated carbocycles. The highest BCUT2D eigenvalue weighted by atomic mass is 35.5. The number of nitro benzene ring substituents is 1. The van der Waals surface area contributed by atoms with Gasteiger partial charge in [0.1, 0.15) is 5.02 Å². The van der Waals surface area contributed by atoms with Crippen molar-refractivity contribution in [3.05, 3.63) is 38.9 Å². The number of halogens is 1. The molecule has 92 valence electrons. The van der Waals surface area contributed by atoms with Crippen LogP contribution >= 0.6 is 11.6 Å². The minimum Gasteiger partial charge on any atom is -0.342 e. The number of hydrogen-bond donors (Lipinski definition) is 0. The Morgan fingerprint density at radius 1 is 1.53 bits per heavy atom. The first-order valence-corrected chi connectivity index (χ1v) is 5.55. The second-order valence-corrected chi connectivity index (χ2v) is 4.00. The van der Waals surface area contributed by atoms with Crippen LogP contribution in [0.4, 0.5) is 5.69 Å². The normalized spacial score (nSPS) is 10.1. The van der Waals surface area contributed by atoms with Gasteiger partial charge in [-0.1, -0.05) is 24.6 Å². The molecule has 0 N–H and O–H groups in total. The van der Waals surface area contributed by atoms with Crippen LogP contribution in [0.5, 0.6) is 0 Å². The third-order valence-electron chi connectivity index (χ3n) is 2.31. The van der Waals surface area contributed by atoms with Crippen LogP contribution in [-0.2, 0) is 0 Å². The fourth-order valence-electron chi connectivity index (χ4n) is 1.47. The highest BCUT2D eigenvalue weighted by Gasteiger charge is 2.21. The van der Waals surface area contributed by atoms with E-state index in [0.717, 1.165) is 6.42 Å². The third-order valence-corrected chi connectivity index (χ3v) is 2.71. The zero-order valence-corrected chi connectivity index (χ0v) is 10.4. The summed E-state index contributed by atoms with van der Waals surface area (Å²) in [7, 11) is 1.64. The van der Waals surface area contributed by atoms with Crippen molar-refractivity contribution in [1.82, 2.24) is 4.90 Å². The summed E-state index contributed by atoms with van der Waals surface area (Å²) in [4.78, 5) is 23.5. The van der Waals surface area contributed by atoms with E-state index >= 15 is 0 Å². The van der Waals surface area contributed by atoms with E-state index in [9.17, 15) is 14.9 Å². The molecule has 0 fully saturated rings. The van der Waals surface area contributed by atoms with E-state index < -0.39 is 4.92 Å². The van der Waals surface area contributed by atoms with Crippen molar-refractivity contribution in [2.45, 2.75) is 13.3 Å². The van der Waals surface area contributed by atoms with E-state index in [0.29, 0.717) is 6.54 Å². The average molecular weight is 257 g/mol. The highest BCUT2D eigenvalue weighted by Crippen LogP contribution is 2.28. The van der Waals surface area contributed by atoms with Crippen LogP contribution in [0.15, 0.2) is 18.2 Å². The average Bonchev–Trinajstić information content (AvgIpc) is 2.28. The zero-order chi connectivity index (χ0) is 13.0. The molecule has 0 aliphatic heterocycles. The SMILES string of the molecule is CCCN(C)C(=O)c1cccc([N+](=O)[O-])c1Cl. The third kappa shape index (κ3) is 2.94. The number of benzene rings is 1. The molecule has 1 aromatic carbocycles. The Bertz CT molecular complexity index is 448. The Kier molecular flexibility index (Phi) is 4.45. The standard InChI is InChI=1S/C11H13ClN2O3/c1-3-7-13(2)11(15)8-5-4-6-9(10(8)12)14(16)17/h4-6H,3,7H2,1-2H3. The van der Waals surface area contributed by atoms with Gasteiger partial charge in [0.15, 0.2) is 0 Å². The molecule has 0 aliphatic rings. The molecule has 1 aromatic rings. The second kappa shape index (κ2) is 5.63. The maximum atomic E-state index is 11.9. The first-order chi connectivity index (χ1) is 7.99. The van der Waals surface area contributed by atoms with Crippen molar-refractivity contribution in [1.29, 1.82) is 0 Å². The van der Waals surface area contributed by atoms with Crippen LogP contribution in [0.3, 0.4) is 0 Å². The first-order valence-electron chi connectivity index (χ1n) is 5.17. The van der Waals surface area contributed by atoms with Gasteiger partial charge in [-0.3, -0.25) is 14.9 Å². The number of nitro groups is 1. The Morgan fingerprint density at radius 3 is 2.71 bits per heavy atom. The van der Waals surface area contributed by atoms with Gasteiger partial charge >= 0.3 is 0 Å². The summed E-state index contributed by atoms with van der Waals surface area (Å²) in [5, 5.41) is 10.6. The largest absolute Gasteiger partial charge is 0.342 e. The number of nitrogens with zero attached hydrogens (tertiary/aromatic N) is 2. The predicted molar refractivity (Wildman–Crippen MR) is 65.4 cm³/mol. The molecule has 1 rings (SSSR count). The maximum Gasteiger partial charge on any atom is 0.288 e. The molecule has 1 amide bonds. The highest BCUT2D eigenvalue weighted by molar-refractivity contribution is 6.35. The van der Waals surface area contributed by atoms with Crippen LogP contribution in [0, 0.1) is 10.1 Å². The van der Waals surface area contributed by atoms with Crippen LogP contribution in [-0.4, -0.2) is 29.3 Å². The Hall–Kier alpha value is -1.62. The Labute approximate surface area is 104 Å². The molecule has 0 spiro atoms. The summed E-state index contributed by atoms with van der Waals surface area (Å²) in [6, 6.07) is 4.22. The van der Waals surface area contributed by atoms with Gasteiger partial charge in [0, 0.05) is 19.7 Å². The monoisotopic (exact) mass is 256 g/mol. The van der Waals surface area contributed by atoms with Gasteiger partial charge in [-0.2, -0.15) is 0 Å². The summed E-state index contributed by atoms with van der Waals surface area (Å²) < 4.78 is 0. The Balaban J connectivity index is 3.10. The van der Waals surface area contributed by atoms with Crippen molar-refractivity contribution in [3.63, 3.8) is 0 Å². The van der Waals surface area contributed by atoms with Gasteiger partial charge in [0.25, 0.3) is 11.6 Å². The van der Waals surface area contributed by atoms with Gasteiger partial charge in [0.05, 0.1) is 10.5 Å². The molecule has 0 aliphatic carbocycles. The summed E-state index contributed by atoms with van der Waals surface area (Å²) >= 11 is 5.85. The van der Waals surface area contributed by atoms with E-state index in [-0.39, 0.29) is 22.2 Å². The number of rotatable bonds is 4. The van der Waals surface area contributed by atoms with Gasteiger partial charge in [-0.05, 0) is 12.5 Å². The topological polar surface area (TPSA) is 63.5 Å². The number of carbonyl (C=O) groups is 1. The molecule has 0 bridgehead atoms. The van der Waals surface area contributed by atoms with Gasteiger partial charge < -0.3 is 4.90 Å². The lowest BCUT2D eigenvalue weighted by molar-refractivity contribution is -0.384. The van der Waals surface area contributed by atoms with E-state index in [1.54, 1.807) is 7.05 Å². The molecule has 5 nitrogen and oxygen atoms in total. The van der Waals surface area contributed by atoms with Crippen LogP contribution < -0.4 is 0 Å². The van der Waals surface area contributed by atoms with E-state index in [2.05, 4.69) is 0 Å². The van der Waals surface area contributed by atoms with Crippen molar-refractivity contribution in [2.75, 3.05) is 13.6 Å². The van der Waals surface area contributed by atoms with Crippen LogP contribution in [0.2, 0.25) is 5.02 Å². The summed E-state index contributed by atoms with van der Waals surface area (Å²) in [5.41, 5.74) is -0.0840. The predicted octanol–water partition coefficient (Wildman–Crippen LogP) is 2.73. The summed E-state index contributed by atoms with van der Waals surface area (Å²) in [6.07, 6.45) is 0.814. The second-order valence-electron chi connectivity index (χ2n) is 3.62. The van der Waals surface area contributed by atoms with Crippen LogP contribution in [0.25, 0.3) is 0 Å². The molecule has 0 heterocycles. The minimum atomic E-state index is -0.598. The zero-order valence-electron chi connectivity index (χ0n) is 9.64. The molecule has 17 heavy (non-hydrogen) atoms. The lowest BCUT2D eigenvalue weighted by atomic mass is 10.1. The van der Waals surface area contributed by atoms with Crippen LogP contribution in [0.1, 0.15) is 23.7 Å².